The molecule has 148 valence electrons. The maximum atomic E-state index is 13.3. The Hall–Kier alpha value is -2.81. The summed E-state index contributed by atoms with van der Waals surface area (Å²) in [6.07, 6.45) is -3.28. The van der Waals surface area contributed by atoms with E-state index in [4.69, 9.17) is 16.3 Å². The Morgan fingerprint density at radius 3 is 2.57 bits per heavy atom. The lowest BCUT2D eigenvalue weighted by Crippen LogP contribution is -2.42. The second kappa shape index (κ2) is 7.31. The van der Waals surface area contributed by atoms with Crippen LogP contribution in [0.4, 0.5) is 18.0 Å². The first-order valence-electron chi connectivity index (χ1n) is 8.18. The highest BCUT2D eigenvalue weighted by atomic mass is 35.5. The van der Waals surface area contributed by atoms with Gasteiger partial charge in [-0.25, -0.2) is 14.8 Å². The van der Waals surface area contributed by atoms with Crippen molar-refractivity contribution in [3.05, 3.63) is 65.0 Å². The number of nitrogens with one attached hydrogen (secondary N) is 1. The summed E-state index contributed by atoms with van der Waals surface area (Å²) in [5, 5.41) is 2.53. The number of carbonyl (C=O) groups is 1. The van der Waals surface area contributed by atoms with Gasteiger partial charge < -0.3 is 10.1 Å². The molecular weight excluding hydrogens is 397 g/mol. The molecule has 2 aromatic heterocycles. The molecule has 0 bridgehead atoms. The fourth-order valence-electron chi connectivity index (χ4n) is 2.68. The Labute approximate surface area is 163 Å². The summed E-state index contributed by atoms with van der Waals surface area (Å²) < 4.78 is 46.3. The number of ether oxygens (including phenoxy) is 1. The molecule has 3 rings (SSSR count). The number of imidazole rings is 1. The van der Waals surface area contributed by atoms with Crippen molar-refractivity contribution in [2.45, 2.75) is 32.2 Å². The average molecular weight is 413 g/mol. The van der Waals surface area contributed by atoms with Crippen LogP contribution in [0.5, 0.6) is 0 Å². The molecule has 0 aliphatic carbocycles. The van der Waals surface area contributed by atoms with E-state index >= 15 is 0 Å². The maximum absolute atomic E-state index is 13.3. The van der Waals surface area contributed by atoms with Crippen LogP contribution >= 0.6 is 11.6 Å². The molecule has 0 fully saturated rings. The maximum Gasteiger partial charge on any atom is 0.435 e. The predicted molar refractivity (Wildman–Crippen MR) is 95.8 cm³/mol. The van der Waals surface area contributed by atoms with E-state index in [0.717, 1.165) is 16.2 Å². The van der Waals surface area contributed by atoms with Gasteiger partial charge in [-0.1, -0.05) is 41.9 Å². The van der Waals surface area contributed by atoms with Gasteiger partial charge in [-0.15, -0.1) is 0 Å². The van der Waals surface area contributed by atoms with Crippen molar-refractivity contribution in [3.63, 3.8) is 0 Å². The molecule has 0 saturated heterocycles. The van der Waals surface area contributed by atoms with Gasteiger partial charge in [0.1, 0.15) is 17.6 Å². The van der Waals surface area contributed by atoms with Crippen molar-refractivity contribution in [2.75, 3.05) is 0 Å². The van der Waals surface area contributed by atoms with Gasteiger partial charge in [-0.2, -0.15) is 13.2 Å². The molecule has 6 nitrogen and oxygen atoms in total. The lowest BCUT2D eigenvalue weighted by atomic mass is 10.1. The zero-order valence-electron chi connectivity index (χ0n) is 14.9. The Bertz CT molecular complexity index is 1000. The quantitative estimate of drug-likeness (QED) is 0.682. The molecule has 1 N–H and O–H groups in total. The molecule has 2 heterocycles. The summed E-state index contributed by atoms with van der Waals surface area (Å²) in [5.41, 5.74) is -1.89. The SMILES string of the molecule is CC(C)(NC(=O)OCc1ccccc1)c1nc(C(F)(F)F)c2cnc(Cl)cn12. The third-order valence-corrected chi connectivity index (χ3v) is 4.14. The molecular formula is C18H16ClF3N4O2. The summed E-state index contributed by atoms with van der Waals surface area (Å²) in [7, 11) is 0. The number of amides is 1. The van der Waals surface area contributed by atoms with Crippen LogP contribution in [0.2, 0.25) is 5.15 Å². The summed E-state index contributed by atoms with van der Waals surface area (Å²) in [6.45, 7) is 3.05. The minimum absolute atomic E-state index is 0.0117. The predicted octanol–water partition coefficient (Wildman–Crippen LogP) is 4.56. The minimum Gasteiger partial charge on any atom is -0.445 e. The number of hydrogen-bond acceptors (Lipinski definition) is 4. The van der Waals surface area contributed by atoms with Crippen LogP contribution in [-0.2, 0) is 23.1 Å². The second-order valence-corrected chi connectivity index (χ2v) is 6.95. The van der Waals surface area contributed by atoms with Crippen LogP contribution in [0.25, 0.3) is 5.52 Å². The fourth-order valence-corrected chi connectivity index (χ4v) is 2.83. The van der Waals surface area contributed by atoms with Gasteiger partial charge in [-0.3, -0.25) is 4.40 Å². The highest BCUT2D eigenvalue weighted by Crippen LogP contribution is 2.34. The van der Waals surface area contributed by atoms with E-state index in [2.05, 4.69) is 15.3 Å². The second-order valence-electron chi connectivity index (χ2n) is 6.56. The summed E-state index contributed by atoms with van der Waals surface area (Å²) in [5.74, 6) is -0.0595. The first-order valence-corrected chi connectivity index (χ1v) is 8.56. The zero-order valence-corrected chi connectivity index (χ0v) is 15.7. The third kappa shape index (κ3) is 4.19. The first kappa shape index (κ1) is 19.9. The number of fused-ring (bicyclic) bond motifs is 1. The number of alkyl carbamates (subject to hydrolysis) is 1. The first-order chi connectivity index (χ1) is 13.1. The van der Waals surface area contributed by atoms with Gasteiger partial charge in [0.15, 0.2) is 5.69 Å². The molecule has 0 radical (unpaired) electrons. The van der Waals surface area contributed by atoms with E-state index in [1.807, 2.05) is 6.07 Å². The van der Waals surface area contributed by atoms with Crippen molar-refractivity contribution in [1.29, 1.82) is 0 Å². The van der Waals surface area contributed by atoms with Gasteiger partial charge in [0.25, 0.3) is 0 Å². The molecule has 0 saturated carbocycles. The lowest BCUT2D eigenvalue weighted by molar-refractivity contribution is -0.139. The molecule has 28 heavy (non-hydrogen) atoms. The van der Waals surface area contributed by atoms with Crippen molar-refractivity contribution >= 4 is 23.2 Å². The van der Waals surface area contributed by atoms with Crippen molar-refractivity contribution in [3.8, 4) is 0 Å². The van der Waals surface area contributed by atoms with Crippen LogP contribution in [-0.4, -0.2) is 20.5 Å². The van der Waals surface area contributed by atoms with E-state index in [0.29, 0.717) is 0 Å². The number of hydrogen-bond donors (Lipinski definition) is 1. The number of nitrogens with zero attached hydrogens (tertiary/aromatic N) is 3. The Morgan fingerprint density at radius 1 is 1.25 bits per heavy atom. The Kier molecular flexibility index (Phi) is 5.20. The van der Waals surface area contributed by atoms with E-state index in [1.165, 1.54) is 20.0 Å². The minimum atomic E-state index is -4.69. The number of benzene rings is 1. The van der Waals surface area contributed by atoms with Gasteiger partial charge in [0.2, 0.25) is 0 Å². The van der Waals surface area contributed by atoms with Crippen molar-refractivity contribution in [2.24, 2.45) is 0 Å². The molecule has 0 unspecified atom stereocenters. The normalized spacial score (nSPS) is 12.2. The van der Waals surface area contributed by atoms with Gasteiger partial charge in [0.05, 0.1) is 17.3 Å². The van der Waals surface area contributed by atoms with Crippen LogP contribution in [0.1, 0.15) is 30.9 Å². The average Bonchev–Trinajstić information content (AvgIpc) is 3.00. The largest absolute Gasteiger partial charge is 0.445 e. The van der Waals surface area contributed by atoms with Gasteiger partial charge >= 0.3 is 12.3 Å². The third-order valence-electron chi connectivity index (χ3n) is 3.95. The topological polar surface area (TPSA) is 68.5 Å². The van der Waals surface area contributed by atoms with Crippen LogP contribution in [0, 0.1) is 0 Å². The van der Waals surface area contributed by atoms with E-state index < -0.39 is 23.5 Å². The highest BCUT2D eigenvalue weighted by Gasteiger charge is 2.40. The number of aromatic nitrogens is 3. The molecule has 1 aromatic carbocycles. The van der Waals surface area contributed by atoms with E-state index in [1.54, 1.807) is 24.3 Å². The molecule has 0 atom stereocenters. The number of rotatable bonds is 4. The fraction of sp³-hybridized carbons (Fsp3) is 0.278. The lowest BCUT2D eigenvalue weighted by Gasteiger charge is -2.24. The van der Waals surface area contributed by atoms with Crippen molar-refractivity contribution in [1.82, 2.24) is 19.7 Å². The van der Waals surface area contributed by atoms with Crippen LogP contribution in [0.3, 0.4) is 0 Å². The summed E-state index contributed by atoms with van der Waals surface area (Å²) >= 11 is 5.83. The number of halogens is 4. The summed E-state index contributed by atoms with van der Waals surface area (Å²) in [4.78, 5) is 19.6. The molecule has 0 aliphatic rings. The van der Waals surface area contributed by atoms with Gasteiger partial charge in [0, 0.05) is 6.20 Å². The Morgan fingerprint density at radius 2 is 1.93 bits per heavy atom. The van der Waals surface area contributed by atoms with Crippen LogP contribution < -0.4 is 5.32 Å². The summed E-state index contributed by atoms with van der Waals surface area (Å²) in [6, 6.07) is 8.99. The van der Waals surface area contributed by atoms with E-state index in [-0.39, 0.29) is 23.1 Å². The van der Waals surface area contributed by atoms with Crippen molar-refractivity contribution < 1.29 is 22.7 Å². The Balaban J connectivity index is 1.87. The molecule has 10 heteroatoms. The molecule has 0 aliphatic heterocycles. The molecule has 0 spiro atoms. The smallest absolute Gasteiger partial charge is 0.435 e. The zero-order chi connectivity index (χ0) is 20.5. The number of carbonyl (C=O) groups excluding carboxylic acids is 1. The standard InChI is InChI=1S/C18H16ClF3N4O2/c1-17(2,25-16(27)28-10-11-6-4-3-5-7-11)15-24-14(18(20,21)22)12-8-23-13(19)9-26(12)15/h3-9H,10H2,1-2H3,(H,25,27). The van der Waals surface area contributed by atoms with Crippen LogP contribution in [0.15, 0.2) is 42.7 Å². The number of alkyl halides is 3. The molecule has 3 aromatic rings. The van der Waals surface area contributed by atoms with E-state index in [9.17, 15) is 18.0 Å². The highest BCUT2D eigenvalue weighted by molar-refractivity contribution is 6.29. The monoisotopic (exact) mass is 412 g/mol. The van der Waals surface area contributed by atoms with Gasteiger partial charge in [-0.05, 0) is 19.4 Å². The molecule has 1 amide bonds.